The Balaban J connectivity index is 1.27. The summed E-state index contributed by atoms with van der Waals surface area (Å²) in [6, 6.07) is 0. The number of nitrogens with one attached hydrogen (secondary N) is 1. The molecule has 0 aromatic rings. The van der Waals surface area contributed by atoms with Gasteiger partial charge >= 0.3 is 0 Å². The van der Waals surface area contributed by atoms with E-state index >= 15 is 0 Å². The highest BCUT2D eigenvalue weighted by Gasteiger charge is 2.46. The van der Waals surface area contributed by atoms with Crippen molar-refractivity contribution in [3.05, 3.63) is 0 Å². The number of hydrogen-bond acceptors (Lipinski definition) is 3. The molecule has 2 aliphatic heterocycles. The van der Waals surface area contributed by atoms with Gasteiger partial charge in [0, 0.05) is 39.3 Å². The Morgan fingerprint density at radius 2 is 1.62 bits per heavy atom. The molecule has 3 heteroatoms. The molecule has 0 bridgehead atoms. The summed E-state index contributed by atoms with van der Waals surface area (Å²) in [6.45, 7) is 10.4. The topological polar surface area (TPSA) is 18.5 Å². The zero-order valence-electron chi connectivity index (χ0n) is 10.4. The third-order valence-electron chi connectivity index (χ3n) is 4.69. The number of rotatable bonds is 4. The van der Waals surface area contributed by atoms with Crippen LogP contribution in [0.2, 0.25) is 0 Å². The second-order valence-corrected chi connectivity index (χ2v) is 6.01. The molecule has 1 N–H and O–H groups in total. The van der Waals surface area contributed by atoms with E-state index in [1.807, 2.05) is 0 Å². The largest absolute Gasteiger partial charge is 0.314 e. The molecule has 1 spiro atoms. The van der Waals surface area contributed by atoms with Crippen LogP contribution in [-0.4, -0.2) is 62.2 Å². The minimum absolute atomic E-state index is 0.815. The van der Waals surface area contributed by atoms with Gasteiger partial charge in [-0.1, -0.05) is 6.42 Å². The Bertz CT molecular complexity index is 223. The van der Waals surface area contributed by atoms with Gasteiger partial charge in [0.15, 0.2) is 0 Å². The molecule has 0 aromatic heterocycles. The monoisotopic (exact) mass is 223 g/mol. The van der Waals surface area contributed by atoms with Gasteiger partial charge in [-0.2, -0.15) is 0 Å². The summed E-state index contributed by atoms with van der Waals surface area (Å²) in [5, 5.41) is 3.41. The fraction of sp³-hybridized carbons (Fsp3) is 1.00. The Morgan fingerprint density at radius 3 is 2.25 bits per heavy atom. The zero-order valence-corrected chi connectivity index (χ0v) is 10.4. The summed E-state index contributed by atoms with van der Waals surface area (Å²) >= 11 is 0. The Kier molecular flexibility index (Phi) is 3.18. The molecular formula is C13H25N3. The van der Waals surface area contributed by atoms with Crippen LogP contribution in [0.4, 0.5) is 0 Å². The van der Waals surface area contributed by atoms with Gasteiger partial charge < -0.3 is 15.1 Å². The summed E-state index contributed by atoms with van der Waals surface area (Å²) in [6.07, 6.45) is 5.90. The van der Waals surface area contributed by atoms with Crippen molar-refractivity contribution in [2.45, 2.75) is 25.7 Å². The lowest BCUT2D eigenvalue weighted by Gasteiger charge is -2.56. The molecule has 92 valence electrons. The number of piperazine rings is 1. The number of likely N-dealkylation sites (tertiary alicyclic amines) is 1. The van der Waals surface area contributed by atoms with Crippen molar-refractivity contribution in [1.82, 2.24) is 15.1 Å². The van der Waals surface area contributed by atoms with Crippen molar-refractivity contribution in [3.8, 4) is 0 Å². The van der Waals surface area contributed by atoms with Crippen LogP contribution < -0.4 is 5.32 Å². The fourth-order valence-corrected chi connectivity index (χ4v) is 3.51. The zero-order chi connectivity index (χ0) is 10.8. The molecule has 3 aliphatic rings. The van der Waals surface area contributed by atoms with E-state index in [1.54, 1.807) is 0 Å². The first-order valence-electron chi connectivity index (χ1n) is 7.02. The molecule has 1 aliphatic carbocycles. The first kappa shape index (κ1) is 11.0. The lowest BCUT2D eigenvalue weighted by Crippen LogP contribution is -2.59. The van der Waals surface area contributed by atoms with Gasteiger partial charge in [-0.05, 0) is 37.8 Å². The van der Waals surface area contributed by atoms with Gasteiger partial charge in [-0.3, -0.25) is 0 Å². The van der Waals surface area contributed by atoms with Crippen molar-refractivity contribution >= 4 is 0 Å². The Hall–Kier alpha value is -0.120. The summed E-state index contributed by atoms with van der Waals surface area (Å²) in [7, 11) is 0. The smallest absolute Gasteiger partial charge is 0.0107 e. The SMILES string of the molecule is C(CN1CCNCC1)CN1CC2(CCC2)C1. The predicted molar refractivity (Wildman–Crippen MR) is 66.7 cm³/mol. The van der Waals surface area contributed by atoms with Crippen LogP contribution in [0.15, 0.2) is 0 Å². The second kappa shape index (κ2) is 4.63. The molecule has 0 radical (unpaired) electrons. The number of nitrogens with zero attached hydrogens (tertiary/aromatic N) is 2. The maximum Gasteiger partial charge on any atom is 0.0107 e. The first-order valence-corrected chi connectivity index (χ1v) is 7.02. The van der Waals surface area contributed by atoms with Crippen LogP contribution in [-0.2, 0) is 0 Å². The maximum atomic E-state index is 3.41. The van der Waals surface area contributed by atoms with Gasteiger partial charge in [0.05, 0.1) is 0 Å². The second-order valence-electron chi connectivity index (χ2n) is 6.01. The molecule has 3 fully saturated rings. The van der Waals surface area contributed by atoms with E-state index in [9.17, 15) is 0 Å². The third kappa shape index (κ3) is 2.27. The molecule has 0 aromatic carbocycles. The van der Waals surface area contributed by atoms with Crippen LogP contribution >= 0.6 is 0 Å². The molecule has 3 rings (SSSR count). The molecule has 0 atom stereocenters. The van der Waals surface area contributed by atoms with E-state index < -0.39 is 0 Å². The van der Waals surface area contributed by atoms with Crippen LogP contribution in [0.3, 0.4) is 0 Å². The predicted octanol–water partition coefficient (Wildman–Crippen LogP) is 0.768. The van der Waals surface area contributed by atoms with E-state index in [-0.39, 0.29) is 0 Å². The van der Waals surface area contributed by atoms with E-state index in [2.05, 4.69) is 15.1 Å². The van der Waals surface area contributed by atoms with Crippen molar-refractivity contribution in [3.63, 3.8) is 0 Å². The third-order valence-corrected chi connectivity index (χ3v) is 4.69. The minimum Gasteiger partial charge on any atom is -0.314 e. The highest BCUT2D eigenvalue weighted by atomic mass is 15.2. The highest BCUT2D eigenvalue weighted by molar-refractivity contribution is 5.00. The molecule has 2 heterocycles. The Morgan fingerprint density at radius 1 is 0.938 bits per heavy atom. The quantitative estimate of drug-likeness (QED) is 0.759. The normalized spacial score (nSPS) is 30.0. The summed E-state index contributed by atoms with van der Waals surface area (Å²) < 4.78 is 0. The average Bonchev–Trinajstić information content (AvgIpc) is 2.20. The Labute approximate surface area is 99.2 Å². The molecular weight excluding hydrogens is 198 g/mol. The van der Waals surface area contributed by atoms with Crippen LogP contribution in [0.25, 0.3) is 0 Å². The van der Waals surface area contributed by atoms with Crippen molar-refractivity contribution in [2.24, 2.45) is 5.41 Å². The standard InChI is InChI=1S/C13H25N3/c1-3-13(4-1)11-16(12-13)8-2-7-15-9-5-14-6-10-15/h14H,1-12H2. The molecule has 0 unspecified atom stereocenters. The lowest BCUT2D eigenvalue weighted by atomic mass is 9.63. The van der Waals surface area contributed by atoms with E-state index in [4.69, 9.17) is 0 Å². The molecule has 3 nitrogen and oxygen atoms in total. The van der Waals surface area contributed by atoms with Crippen LogP contribution in [0.1, 0.15) is 25.7 Å². The molecule has 16 heavy (non-hydrogen) atoms. The fourth-order valence-electron chi connectivity index (χ4n) is 3.51. The van der Waals surface area contributed by atoms with Gasteiger partial charge in [0.25, 0.3) is 0 Å². The molecule has 1 saturated carbocycles. The van der Waals surface area contributed by atoms with E-state index in [0.717, 1.165) is 5.41 Å². The van der Waals surface area contributed by atoms with Crippen molar-refractivity contribution < 1.29 is 0 Å². The van der Waals surface area contributed by atoms with Crippen molar-refractivity contribution in [1.29, 1.82) is 0 Å². The van der Waals surface area contributed by atoms with Gasteiger partial charge in [0.2, 0.25) is 0 Å². The minimum atomic E-state index is 0.815. The van der Waals surface area contributed by atoms with E-state index in [0.29, 0.717) is 0 Å². The first-order chi connectivity index (χ1) is 7.86. The van der Waals surface area contributed by atoms with Gasteiger partial charge in [-0.15, -0.1) is 0 Å². The maximum absolute atomic E-state index is 3.41. The van der Waals surface area contributed by atoms with Crippen LogP contribution in [0, 0.1) is 5.41 Å². The average molecular weight is 223 g/mol. The van der Waals surface area contributed by atoms with Gasteiger partial charge in [-0.25, -0.2) is 0 Å². The van der Waals surface area contributed by atoms with Crippen LogP contribution in [0.5, 0.6) is 0 Å². The molecule has 2 saturated heterocycles. The van der Waals surface area contributed by atoms with Crippen molar-refractivity contribution in [2.75, 3.05) is 52.4 Å². The summed E-state index contributed by atoms with van der Waals surface area (Å²) in [4.78, 5) is 5.27. The summed E-state index contributed by atoms with van der Waals surface area (Å²) in [5.74, 6) is 0. The lowest BCUT2D eigenvalue weighted by molar-refractivity contribution is -0.0606. The van der Waals surface area contributed by atoms with E-state index in [1.165, 1.54) is 78.0 Å². The summed E-state index contributed by atoms with van der Waals surface area (Å²) in [5.41, 5.74) is 0.815. The molecule has 0 amide bonds. The highest BCUT2D eigenvalue weighted by Crippen LogP contribution is 2.47. The van der Waals surface area contributed by atoms with Gasteiger partial charge in [0.1, 0.15) is 0 Å². The number of hydrogen-bond donors (Lipinski definition) is 1.